The van der Waals surface area contributed by atoms with Crippen LogP contribution in [-0.2, 0) is 27.1 Å². The first-order valence-corrected chi connectivity index (χ1v) is 15.5. The first kappa shape index (κ1) is 27.9. The minimum Gasteiger partial charge on any atom is -0.491 e. The Morgan fingerprint density at radius 1 is 0.651 bits per heavy atom. The molecule has 0 saturated heterocycles. The van der Waals surface area contributed by atoms with E-state index in [1.54, 1.807) is 7.11 Å². The second-order valence-electron chi connectivity index (χ2n) is 11.8. The molecule has 5 nitrogen and oxygen atoms in total. The van der Waals surface area contributed by atoms with Gasteiger partial charge >= 0.3 is 5.97 Å². The third-order valence-electron chi connectivity index (χ3n) is 9.47. The van der Waals surface area contributed by atoms with Gasteiger partial charge in [0.05, 0.1) is 25.7 Å². The number of hydrogen-bond donors (Lipinski definition) is 0. The van der Waals surface area contributed by atoms with Crippen molar-refractivity contribution in [3.05, 3.63) is 130 Å². The fourth-order valence-corrected chi connectivity index (χ4v) is 7.69. The molecule has 0 amide bonds. The van der Waals surface area contributed by atoms with E-state index in [1.807, 2.05) is 30.3 Å². The molecule has 2 atom stereocenters. The van der Waals surface area contributed by atoms with Crippen LogP contribution >= 0.6 is 0 Å². The van der Waals surface area contributed by atoms with Crippen LogP contribution in [-0.4, -0.2) is 39.5 Å². The molecular weight excluding hydrogens is 536 g/mol. The predicted molar refractivity (Wildman–Crippen MR) is 166 cm³/mol. The minimum absolute atomic E-state index is 0.00217. The molecule has 43 heavy (non-hydrogen) atoms. The van der Waals surface area contributed by atoms with Crippen molar-refractivity contribution >= 4 is 5.97 Å². The van der Waals surface area contributed by atoms with Crippen LogP contribution in [0.5, 0.6) is 11.5 Å². The molecule has 4 aromatic rings. The minimum atomic E-state index is -0.406. The van der Waals surface area contributed by atoms with Crippen LogP contribution in [0, 0.1) is 5.92 Å². The Morgan fingerprint density at radius 2 is 1.26 bits per heavy atom. The number of para-hydroxylation sites is 1. The third kappa shape index (κ3) is 5.15. The Hall–Kier alpha value is -3.93. The SMILES string of the molecule is COCCOCCOc1ccccc1C1C2c3ccccc3C(c3ccccc32)C1C(=O)Oc1cccc2c1CCCC2. The molecule has 0 heterocycles. The number of methoxy groups -OCH3 is 1. The molecule has 220 valence electrons. The van der Waals surface area contributed by atoms with E-state index in [9.17, 15) is 4.79 Å². The summed E-state index contributed by atoms with van der Waals surface area (Å²) in [6.45, 7) is 1.96. The molecule has 5 heteroatoms. The van der Waals surface area contributed by atoms with E-state index in [4.69, 9.17) is 18.9 Å². The predicted octanol–water partition coefficient (Wildman–Crippen LogP) is 7.20. The number of fused-ring (bicyclic) bond motifs is 2. The van der Waals surface area contributed by atoms with Crippen molar-refractivity contribution in [3.63, 3.8) is 0 Å². The lowest BCUT2D eigenvalue weighted by Gasteiger charge is -2.50. The van der Waals surface area contributed by atoms with Crippen molar-refractivity contribution in [2.24, 2.45) is 5.92 Å². The highest BCUT2D eigenvalue weighted by Crippen LogP contribution is 2.62. The van der Waals surface area contributed by atoms with Crippen molar-refractivity contribution in [2.75, 3.05) is 33.5 Å². The lowest BCUT2D eigenvalue weighted by molar-refractivity contribution is -0.141. The van der Waals surface area contributed by atoms with E-state index in [2.05, 4.69) is 60.7 Å². The molecule has 0 aromatic heterocycles. The quantitative estimate of drug-likeness (QED) is 0.114. The molecule has 0 N–H and O–H groups in total. The third-order valence-corrected chi connectivity index (χ3v) is 9.47. The van der Waals surface area contributed by atoms with Crippen LogP contribution in [0.3, 0.4) is 0 Å². The Balaban J connectivity index is 1.30. The van der Waals surface area contributed by atoms with Gasteiger partial charge in [0, 0.05) is 24.9 Å². The molecule has 4 aromatic carbocycles. The lowest BCUT2D eigenvalue weighted by Crippen LogP contribution is -2.44. The highest BCUT2D eigenvalue weighted by molar-refractivity contribution is 5.82. The monoisotopic (exact) mass is 574 g/mol. The Labute approximate surface area is 253 Å². The van der Waals surface area contributed by atoms with E-state index in [0.29, 0.717) is 26.4 Å². The van der Waals surface area contributed by atoms with Gasteiger partial charge in [0.2, 0.25) is 0 Å². The van der Waals surface area contributed by atoms with Gasteiger partial charge in [-0.3, -0.25) is 4.79 Å². The van der Waals surface area contributed by atoms with E-state index < -0.39 is 5.92 Å². The topological polar surface area (TPSA) is 54.0 Å². The number of carbonyl (C=O) groups is 1. The van der Waals surface area contributed by atoms with Crippen LogP contribution in [0.2, 0.25) is 0 Å². The van der Waals surface area contributed by atoms with Crippen molar-refractivity contribution < 1.29 is 23.7 Å². The van der Waals surface area contributed by atoms with Crippen LogP contribution in [0.25, 0.3) is 0 Å². The first-order chi connectivity index (χ1) is 21.3. The summed E-state index contributed by atoms with van der Waals surface area (Å²) in [4.78, 5) is 14.6. The number of rotatable bonds is 10. The smallest absolute Gasteiger partial charge is 0.315 e. The summed E-state index contributed by atoms with van der Waals surface area (Å²) in [7, 11) is 1.66. The Bertz CT molecular complexity index is 1560. The van der Waals surface area contributed by atoms with Gasteiger partial charge in [0.15, 0.2) is 0 Å². The van der Waals surface area contributed by atoms with Gasteiger partial charge in [-0.05, 0) is 76.8 Å². The fourth-order valence-electron chi connectivity index (χ4n) is 7.69. The van der Waals surface area contributed by atoms with Crippen LogP contribution in [0.4, 0.5) is 0 Å². The van der Waals surface area contributed by atoms with Gasteiger partial charge in [-0.1, -0.05) is 78.9 Å². The second-order valence-corrected chi connectivity index (χ2v) is 11.8. The average molecular weight is 575 g/mol. The highest BCUT2D eigenvalue weighted by Gasteiger charge is 2.54. The summed E-state index contributed by atoms with van der Waals surface area (Å²) in [6.07, 6.45) is 4.30. The van der Waals surface area contributed by atoms with Crippen LogP contribution in [0.15, 0.2) is 91.0 Å². The largest absolute Gasteiger partial charge is 0.491 e. The van der Waals surface area contributed by atoms with Crippen LogP contribution in [0.1, 0.15) is 69.5 Å². The van der Waals surface area contributed by atoms with Crippen LogP contribution < -0.4 is 9.47 Å². The number of esters is 1. The molecule has 0 aliphatic heterocycles. The molecule has 0 spiro atoms. The molecule has 0 fully saturated rings. The first-order valence-electron chi connectivity index (χ1n) is 15.5. The summed E-state index contributed by atoms with van der Waals surface area (Å²) in [5, 5.41) is 0. The van der Waals surface area contributed by atoms with Gasteiger partial charge in [-0.15, -0.1) is 0 Å². The molecule has 8 rings (SSSR count). The zero-order valence-electron chi connectivity index (χ0n) is 24.7. The molecule has 4 aliphatic carbocycles. The summed E-state index contributed by atoms with van der Waals surface area (Å²) in [6, 6.07) is 31.6. The fraction of sp³-hybridized carbons (Fsp3) is 0.342. The summed E-state index contributed by atoms with van der Waals surface area (Å²) >= 11 is 0. The number of hydrogen-bond acceptors (Lipinski definition) is 5. The highest BCUT2D eigenvalue weighted by atomic mass is 16.5. The Morgan fingerprint density at radius 3 is 1.98 bits per heavy atom. The zero-order valence-corrected chi connectivity index (χ0v) is 24.7. The normalized spacial score (nSPS) is 21.4. The molecular formula is C38H38O5. The summed E-state index contributed by atoms with van der Waals surface area (Å²) in [5.74, 6) is 0.689. The second kappa shape index (κ2) is 12.4. The van der Waals surface area contributed by atoms with Gasteiger partial charge in [-0.2, -0.15) is 0 Å². The molecule has 0 saturated carbocycles. The maximum atomic E-state index is 14.6. The number of carbonyl (C=O) groups excluding carboxylic acids is 1. The standard InChI is InChI=1S/C38H38O5/c1-40-21-22-41-23-24-42-32-19-9-8-18-31(32)36-34-27-14-4-6-16-29(27)35(30-17-7-5-15-28(30)34)37(36)38(39)43-33-20-10-12-25-11-2-3-13-26(25)33/h4-10,12,14-20,34-37H,2-3,11,13,21-24H2,1H3. The van der Waals surface area contributed by atoms with E-state index in [1.165, 1.54) is 39.8 Å². The summed E-state index contributed by atoms with van der Waals surface area (Å²) < 4.78 is 23.6. The Kier molecular flexibility index (Phi) is 8.01. The van der Waals surface area contributed by atoms with E-state index in [0.717, 1.165) is 36.3 Å². The van der Waals surface area contributed by atoms with Gasteiger partial charge < -0.3 is 18.9 Å². The molecule has 4 aliphatic rings. The molecule has 2 bridgehead atoms. The van der Waals surface area contributed by atoms with E-state index >= 15 is 0 Å². The number of aryl methyl sites for hydroxylation is 1. The van der Waals surface area contributed by atoms with Crippen molar-refractivity contribution in [1.29, 1.82) is 0 Å². The maximum absolute atomic E-state index is 14.6. The molecule has 0 radical (unpaired) electrons. The zero-order chi connectivity index (χ0) is 29.2. The lowest BCUT2D eigenvalue weighted by atomic mass is 9.53. The molecule has 2 unspecified atom stereocenters. The average Bonchev–Trinajstić information content (AvgIpc) is 3.06. The van der Waals surface area contributed by atoms with Crippen molar-refractivity contribution in [2.45, 2.75) is 43.4 Å². The van der Waals surface area contributed by atoms with Crippen molar-refractivity contribution in [3.8, 4) is 11.5 Å². The van der Waals surface area contributed by atoms with Crippen molar-refractivity contribution in [1.82, 2.24) is 0 Å². The van der Waals surface area contributed by atoms with Gasteiger partial charge in [-0.25, -0.2) is 0 Å². The number of benzene rings is 4. The number of ether oxygens (including phenoxy) is 4. The maximum Gasteiger partial charge on any atom is 0.315 e. The van der Waals surface area contributed by atoms with Gasteiger partial charge in [0.1, 0.15) is 18.1 Å². The summed E-state index contributed by atoms with van der Waals surface area (Å²) in [5.41, 5.74) is 8.56. The van der Waals surface area contributed by atoms with E-state index in [-0.39, 0.29) is 23.7 Å². The van der Waals surface area contributed by atoms with Gasteiger partial charge in [0.25, 0.3) is 0 Å².